The van der Waals surface area contributed by atoms with Gasteiger partial charge in [-0.3, -0.25) is 0 Å². The van der Waals surface area contributed by atoms with Gasteiger partial charge in [-0.05, 0) is 0 Å². The molecule has 0 nitrogen and oxygen atoms in total. The van der Waals surface area contributed by atoms with Crippen LogP contribution in [0.1, 0.15) is 0 Å². The van der Waals surface area contributed by atoms with Crippen molar-refractivity contribution in [3.63, 3.8) is 0 Å². The molecule has 0 unspecified atom stereocenters. The molecule has 0 rings (SSSR count). The van der Waals surface area contributed by atoms with Crippen molar-refractivity contribution in [2.75, 3.05) is 0 Å². The first-order valence-corrected chi connectivity index (χ1v) is 0. The fourth-order valence-electron chi connectivity index (χ4n) is 0. The molecule has 0 aromatic carbocycles. The van der Waals surface area contributed by atoms with E-state index in [2.05, 4.69) is 0 Å². The molecule has 0 aromatic rings. The molecular formula is H14Cl12IrNa2. The summed E-state index contributed by atoms with van der Waals surface area (Å²) in [5.74, 6) is 0. The standard InChI is InChI=1S/12ClH.Ir.2Na.2H/h12*1H;;;;;. The van der Waals surface area contributed by atoms with Crippen molar-refractivity contribution in [1.82, 2.24) is 0 Å². The molecule has 0 N–H and O–H groups in total. The minimum atomic E-state index is 0. The summed E-state index contributed by atoms with van der Waals surface area (Å²) in [5, 5.41) is 0. The van der Waals surface area contributed by atoms with E-state index < -0.39 is 0 Å². The van der Waals surface area contributed by atoms with Gasteiger partial charge in [0.2, 0.25) is 0 Å². The Bertz CT molecular complexity index is 13.6. The quantitative estimate of drug-likeness (QED) is 0.343. The Kier molecular flexibility index (Phi) is 2980. The molecule has 0 saturated heterocycles. The third kappa shape index (κ3) is 176. The number of halogens is 12. The molecule has 0 aliphatic rings. The molecule has 0 heterocycles. The molecule has 0 aromatic heterocycles. The van der Waals surface area contributed by atoms with Crippen LogP contribution in [0.2, 0.25) is 0 Å². The van der Waals surface area contributed by atoms with Gasteiger partial charge in [-0.15, -0.1) is 149 Å². The summed E-state index contributed by atoms with van der Waals surface area (Å²) < 4.78 is 0. The molecule has 15 heavy (non-hydrogen) atoms. The second-order valence-electron chi connectivity index (χ2n) is 0. The maximum absolute atomic E-state index is 0. The summed E-state index contributed by atoms with van der Waals surface area (Å²) in [6.45, 7) is 0. The molecule has 15 heteroatoms. The summed E-state index contributed by atoms with van der Waals surface area (Å²) in [7, 11) is 0. The number of hydrogen-bond donors (Lipinski definition) is 0. The van der Waals surface area contributed by atoms with Crippen molar-refractivity contribution in [1.29, 1.82) is 0 Å². The maximum atomic E-state index is 0. The van der Waals surface area contributed by atoms with Crippen molar-refractivity contribution < 1.29 is 20.1 Å². The van der Waals surface area contributed by atoms with Crippen LogP contribution < -0.4 is 0 Å². The first kappa shape index (κ1) is 228. The molecule has 0 amide bonds. The average Bonchev–Trinajstić information content (AvgIpc) is 0. The molecule has 0 saturated carbocycles. The van der Waals surface area contributed by atoms with Crippen LogP contribution in [0.15, 0.2) is 0 Å². The van der Waals surface area contributed by atoms with E-state index in [0.29, 0.717) is 0 Å². The zero-order valence-corrected chi connectivity index (χ0v) is 17.4. The molecule has 109 valence electrons. The van der Waals surface area contributed by atoms with Crippen LogP contribution in [-0.4, -0.2) is 59.1 Å². The number of rotatable bonds is 0. The van der Waals surface area contributed by atoms with E-state index in [1.807, 2.05) is 0 Å². The third-order valence-electron chi connectivity index (χ3n) is 0. The third-order valence-corrected chi connectivity index (χ3v) is 0. The van der Waals surface area contributed by atoms with Crippen LogP contribution in [0, 0.1) is 0 Å². The molecule has 0 spiro atoms. The van der Waals surface area contributed by atoms with Gasteiger partial charge in [0.15, 0.2) is 0 Å². The van der Waals surface area contributed by atoms with Gasteiger partial charge in [0.1, 0.15) is 0 Å². The van der Waals surface area contributed by atoms with Gasteiger partial charge in [0.05, 0.1) is 0 Å². The Morgan fingerprint density at radius 2 is 0.200 bits per heavy atom. The zero-order valence-electron chi connectivity index (χ0n) is 5.23. The fraction of sp³-hybridized carbons (Fsp3) is 0. The summed E-state index contributed by atoms with van der Waals surface area (Å²) in [6.07, 6.45) is 0. The predicted molar refractivity (Wildman–Crippen MR) is 101 cm³/mol. The van der Waals surface area contributed by atoms with Crippen molar-refractivity contribution >= 4 is 208 Å². The Labute approximate surface area is 224 Å². The Balaban J connectivity index is 0. The molecule has 0 aliphatic heterocycles. The van der Waals surface area contributed by atoms with E-state index >= 15 is 0 Å². The second kappa shape index (κ2) is 196. The van der Waals surface area contributed by atoms with E-state index in [1.165, 1.54) is 0 Å². The van der Waals surface area contributed by atoms with E-state index in [4.69, 9.17) is 0 Å². The van der Waals surface area contributed by atoms with Crippen molar-refractivity contribution in [3.8, 4) is 0 Å². The summed E-state index contributed by atoms with van der Waals surface area (Å²) in [4.78, 5) is 0. The second-order valence-corrected chi connectivity index (χ2v) is 0. The van der Waals surface area contributed by atoms with E-state index in [0.717, 1.165) is 0 Å². The fourth-order valence-corrected chi connectivity index (χ4v) is 0. The SMILES string of the molecule is Cl.Cl.Cl.Cl.Cl.Cl.Cl.Cl.Cl.Cl.Cl.Cl.[Ir].[NaH].[NaH]. The van der Waals surface area contributed by atoms with Crippen LogP contribution in [0.4, 0.5) is 0 Å². The molecular weight excluding hydrogens is 664 g/mol. The van der Waals surface area contributed by atoms with E-state index in [1.54, 1.807) is 0 Å². The van der Waals surface area contributed by atoms with Crippen molar-refractivity contribution in [3.05, 3.63) is 0 Å². The normalized spacial score (nSPS) is 0. The summed E-state index contributed by atoms with van der Waals surface area (Å²) >= 11 is 0. The predicted octanol–water partition coefficient (Wildman–Crippen LogP) is 3.76. The van der Waals surface area contributed by atoms with Crippen LogP contribution in [0.5, 0.6) is 0 Å². The van der Waals surface area contributed by atoms with Crippen LogP contribution in [0.25, 0.3) is 0 Å². The van der Waals surface area contributed by atoms with Gasteiger partial charge >= 0.3 is 59.1 Å². The first-order valence-electron chi connectivity index (χ1n) is 0. The van der Waals surface area contributed by atoms with Gasteiger partial charge in [0, 0.05) is 20.1 Å². The van der Waals surface area contributed by atoms with E-state index in [-0.39, 0.29) is 228 Å². The summed E-state index contributed by atoms with van der Waals surface area (Å²) in [6, 6.07) is 0. The number of hydrogen-bond acceptors (Lipinski definition) is 0. The molecule has 0 aliphatic carbocycles. The Morgan fingerprint density at radius 1 is 0.200 bits per heavy atom. The van der Waals surface area contributed by atoms with Crippen LogP contribution in [0.3, 0.4) is 0 Å². The molecule has 1 radical (unpaired) electrons. The van der Waals surface area contributed by atoms with Gasteiger partial charge < -0.3 is 0 Å². The zero-order chi connectivity index (χ0) is 0. The van der Waals surface area contributed by atoms with Gasteiger partial charge in [-0.2, -0.15) is 0 Å². The van der Waals surface area contributed by atoms with E-state index in [9.17, 15) is 0 Å². The topological polar surface area (TPSA) is 0 Å². The van der Waals surface area contributed by atoms with Crippen molar-refractivity contribution in [2.45, 2.75) is 0 Å². The Morgan fingerprint density at radius 3 is 0.200 bits per heavy atom. The van der Waals surface area contributed by atoms with Gasteiger partial charge in [0.25, 0.3) is 0 Å². The van der Waals surface area contributed by atoms with Gasteiger partial charge in [-0.1, -0.05) is 0 Å². The first-order chi connectivity index (χ1) is 0. The van der Waals surface area contributed by atoms with Crippen LogP contribution >= 0.6 is 149 Å². The summed E-state index contributed by atoms with van der Waals surface area (Å²) in [5.41, 5.74) is 0. The Hall–Kier alpha value is 6.13. The van der Waals surface area contributed by atoms with Gasteiger partial charge in [-0.25, -0.2) is 0 Å². The van der Waals surface area contributed by atoms with Crippen molar-refractivity contribution in [2.24, 2.45) is 0 Å². The monoisotopic (exact) mass is 673 g/mol. The molecule has 0 atom stereocenters. The molecule has 0 fully saturated rings. The molecule has 0 bridgehead atoms. The average molecular weight is 678 g/mol. The minimum absolute atomic E-state index is 0. The van der Waals surface area contributed by atoms with Crippen LogP contribution in [-0.2, 0) is 20.1 Å².